The van der Waals surface area contributed by atoms with Gasteiger partial charge in [0.15, 0.2) is 5.82 Å². The molecule has 1 saturated heterocycles. The highest BCUT2D eigenvalue weighted by Crippen LogP contribution is 2.38. The topological polar surface area (TPSA) is 97.8 Å². The highest BCUT2D eigenvalue weighted by atomic mass is 32.2. The van der Waals surface area contributed by atoms with Gasteiger partial charge in [0.2, 0.25) is 15.9 Å². The standard InChI is InChI=1S/C18H26FN3O5S/c1-4-28(24,25)22-9-11-5-15(16(26-2)6-12(11)10-22)21-18(23)13-7-17(27-3)20-8-14(13)19/h7-8,11-12,15-16H,4-6,9-10H2,1-3H3,(H,21,23)/t11-,12+,15-,16-/m0/s1. The normalized spacial score (nSPS) is 28.0. The smallest absolute Gasteiger partial charge is 0.254 e. The fraction of sp³-hybridized carbons (Fsp3) is 0.667. The first-order valence-corrected chi connectivity index (χ1v) is 10.9. The van der Waals surface area contributed by atoms with Gasteiger partial charge in [0, 0.05) is 26.3 Å². The van der Waals surface area contributed by atoms with Crippen molar-refractivity contribution in [1.29, 1.82) is 0 Å². The first kappa shape index (κ1) is 20.9. The lowest BCUT2D eigenvalue weighted by Crippen LogP contribution is -2.50. The Balaban J connectivity index is 1.73. The van der Waals surface area contributed by atoms with Crippen LogP contribution in [-0.2, 0) is 14.8 Å². The molecule has 1 aliphatic carbocycles. The second kappa shape index (κ2) is 8.30. The molecule has 1 aliphatic heterocycles. The molecule has 0 unspecified atom stereocenters. The summed E-state index contributed by atoms with van der Waals surface area (Å²) in [5, 5.41) is 2.85. The van der Waals surface area contributed by atoms with Crippen LogP contribution in [0, 0.1) is 17.7 Å². The van der Waals surface area contributed by atoms with Crippen LogP contribution in [0.4, 0.5) is 4.39 Å². The maximum Gasteiger partial charge on any atom is 0.254 e. The number of nitrogens with zero attached hydrogens (tertiary/aromatic N) is 2. The van der Waals surface area contributed by atoms with E-state index in [9.17, 15) is 17.6 Å². The number of carbonyl (C=O) groups excluding carboxylic acids is 1. The molecule has 8 nitrogen and oxygen atoms in total. The van der Waals surface area contributed by atoms with Crippen LogP contribution in [0.15, 0.2) is 12.3 Å². The number of ether oxygens (including phenoxy) is 2. The summed E-state index contributed by atoms with van der Waals surface area (Å²) < 4.78 is 50.5. The maximum atomic E-state index is 14.0. The number of amides is 1. The van der Waals surface area contributed by atoms with Gasteiger partial charge in [0.1, 0.15) is 0 Å². The first-order valence-electron chi connectivity index (χ1n) is 9.30. The van der Waals surface area contributed by atoms with Crippen LogP contribution >= 0.6 is 0 Å². The average molecular weight is 415 g/mol. The van der Waals surface area contributed by atoms with Gasteiger partial charge in [-0.2, -0.15) is 0 Å². The lowest BCUT2D eigenvalue weighted by Gasteiger charge is -2.37. The number of hydrogen-bond donors (Lipinski definition) is 1. The number of nitrogens with one attached hydrogen (secondary N) is 1. The highest BCUT2D eigenvalue weighted by molar-refractivity contribution is 7.89. The molecule has 156 valence electrons. The number of halogens is 1. The van der Waals surface area contributed by atoms with Crippen molar-refractivity contribution in [3.05, 3.63) is 23.6 Å². The Morgan fingerprint density at radius 1 is 1.32 bits per heavy atom. The van der Waals surface area contributed by atoms with Gasteiger partial charge in [0.05, 0.1) is 36.8 Å². The van der Waals surface area contributed by atoms with Crippen molar-refractivity contribution in [2.45, 2.75) is 31.9 Å². The van der Waals surface area contributed by atoms with Gasteiger partial charge >= 0.3 is 0 Å². The van der Waals surface area contributed by atoms with Crippen LogP contribution in [-0.4, -0.2) is 68.8 Å². The van der Waals surface area contributed by atoms with E-state index in [2.05, 4.69) is 10.3 Å². The number of aromatic nitrogens is 1. The van der Waals surface area contributed by atoms with E-state index < -0.39 is 21.7 Å². The van der Waals surface area contributed by atoms with Crippen LogP contribution in [0.5, 0.6) is 5.88 Å². The largest absolute Gasteiger partial charge is 0.481 e. The van der Waals surface area contributed by atoms with E-state index in [4.69, 9.17) is 9.47 Å². The molecule has 1 aromatic heterocycles. The Bertz CT molecular complexity index is 835. The highest BCUT2D eigenvalue weighted by Gasteiger charge is 2.45. The molecule has 1 aromatic rings. The molecule has 0 radical (unpaired) electrons. The minimum atomic E-state index is -3.24. The fourth-order valence-electron chi connectivity index (χ4n) is 4.14. The number of hydrogen-bond acceptors (Lipinski definition) is 6. The quantitative estimate of drug-likeness (QED) is 0.745. The summed E-state index contributed by atoms with van der Waals surface area (Å²) in [5.74, 6) is -0.757. The lowest BCUT2D eigenvalue weighted by atomic mass is 9.77. The van der Waals surface area contributed by atoms with E-state index in [-0.39, 0.29) is 41.2 Å². The summed E-state index contributed by atoms with van der Waals surface area (Å²) in [6.45, 7) is 2.56. The number of pyridine rings is 1. The van der Waals surface area contributed by atoms with Crippen LogP contribution in [0.2, 0.25) is 0 Å². The molecule has 1 amide bonds. The SMILES string of the molecule is CCS(=O)(=O)N1C[C@H]2C[C@H](OC)[C@@H](NC(=O)c3cc(OC)ncc3F)C[C@H]2C1. The summed E-state index contributed by atoms with van der Waals surface area (Å²) in [6, 6.07) is 0.921. The van der Waals surface area contributed by atoms with Crippen molar-refractivity contribution < 1.29 is 27.1 Å². The van der Waals surface area contributed by atoms with Crippen molar-refractivity contribution in [1.82, 2.24) is 14.6 Å². The minimum Gasteiger partial charge on any atom is -0.481 e. The predicted molar refractivity (Wildman–Crippen MR) is 100 cm³/mol. The van der Waals surface area contributed by atoms with Crippen LogP contribution in [0.3, 0.4) is 0 Å². The molecule has 0 spiro atoms. The van der Waals surface area contributed by atoms with E-state index in [0.29, 0.717) is 25.9 Å². The van der Waals surface area contributed by atoms with E-state index in [1.54, 1.807) is 14.0 Å². The zero-order chi connectivity index (χ0) is 20.5. The Labute approximate surface area is 164 Å². The molecule has 0 bridgehead atoms. The Hall–Kier alpha value is -1.78. The second-order valence-corrected chi connectivity index (χ2v) is 9.53. The number of rotatable bonds is 6. The minimum absolute atomic E-state index is 0.0729. The van der Waals surface area contributed by atoms with Gasteiger partial charge < -0.3 is 14.8 Å². The molecule has 1 N–H and O–H groups in total. The molecule has 3 rings (SSSR count). The molecule has 1 saturated carbocycles. The molecule has 28 heavy (non-hydrogen) atoms. The van der Waals surface area contributed by atoms with E-state index >= 15 is 0 Å². The summed E-state index contributed by atoms with van der Waals surface area (Å²) in [5.41, 5.74) is -0.148. The number of carbonyl (C=O) groups is 1. The van der Waals surface area contributed by atoms with Crippen molar-refractivity contribution in [3.8, 4) is 5.88 Å². The zero-order valence-corrected chi connectivity index (χ0v) is 17.0. The third-order valence-electron chi connectivity index (χ3n) is 5.74. The molecular weight excluding hydrogens is 389 g/mol. The van der Waals surface area contributed by atoms with Gasteiger partial charge in [0.25, 0.3) is 5.91 Å². The zero-order valence-electron chi connectivity index (χ0n) is 16.2. The number of fused-ring (bicyclic) bond motifs is 1. The van der Waals surface area contributed by atoms with E-state index in [1.165, 1.54) is 17.5 Å². The van der Waals surface area contributed by atoms with E-state index in [0.717, 1.165) is 6.20 Å². The maximum absolute atomic E-state index is 14.0. The molecule has 2 fully saturated rings. The van der Waals surface area contributed by atoms with Crippen molar-refractivity contribution in [3.63, 3.8) is 0 Å². The summed E-state index contributed by atoms with van der Waals surface area (Å²) in [4.78, 5) is 16.4. The Morgan fingerprint density at radius 3 is 2.61 bits per heavy atom. The van der Waals surface area contributed by atoms with Crippen LogP contribution in [0.1, 0.15) is 30.1 Å². The Kier molecular flexibility index (Phi) is 6.21. The second-order valence-electron chi connectivity index (χ2n) is 7.27. The first-order chi connectivity index (χ1) is 13.3. The van der Waals surface area contributed by atoms with Gasteiger partial charge in [-0.05, 0) is 31.6 Å². The monoisotopic (exact) mass is 415 g/mol. The van der Waals surface area contributed by atoms with Gasteiger partial charge in [-0.25, -0.2) is 22.1 Å². The van der Waals surface area contributed by atoms with E-state index in [1.807, 2.05) is 0 Å². The van der Waals surface area contributed by atoms with Gasteiger partial charge in [-0.1, -0.05) is 0 Å². The van der Waals surface area contributed by atoms with Crippen LogP contribution < -0.4 is 10.1 Å². The van der Waals surface area contributed by atoms with Gasteiger partial charge in [-0.3, -0.25) is 4.79 Å². The van der Waals surface area contributed by atoms with Crippen LogP contribution in [0.25, 0.3) is 0 Å². The molecule has 2 heterocycles. The molecule has 2 aliphatic rings. The third-order valence-corrected chi connectivity index (χ3v) is 7.56. The predicted octanol–water partition coefficient (Wildman–Crippen LogP) is 1.03. The average Bonchev–Trinajstić information content (AvgIpc) is 3.11. The summed E-state index contributed by atoms with van der Waals surface area (Å²) >= 11 is 0. The number of sulfonamides is 1. The summed E-state index contributed by atoms with van der Waals surface area (Å²) in [7, 11) is -0.288. The molecule has 4 atom stereocenters. The molecular formula is C18H26FN3O5S. The summed E-state index contributed by atoms with van der Waals surface area (Å²) in [6.07, 6.45) is 1.91. The number of methoxy groups -OCH3 is 2. The van der Waals surface area contributed by atoms with Crippen molar-refractivity contribution in [2.75, 3.05) is 33.1 Å². The molecule has 0 aromatic carbocycles. The molecule has 10 heteroatoms. The van der Waals surface area contributed by atoms with Crippen molar-refractivity contribution >= 4 is 15.9 Å². The lowest BCUT2D eigenvalue weighted by molar-refractivity contribution is 0.0124. The third kappa shape index (κ3) is 4.13. The van der Waals surface area contributed by atoms with Crippen molar-refractivity contribution in [2.24, 2.45) is 11.8 Å². The Morgan fingerprint density at radius 2 is 2.00 bits per heavy atom. The van der Waals surface area contributed by atoms with Gasteiger partial charge in [-0.15, -0.1) is 0 Å². The fourth-order valence-corrected chi connectivity index (χ4v) is 5.35.